The number of benzene rings is 2. The van der Waals surface area contributed by atoms with Gasteiger partial charge in [-0.1, -0.05) is 72.7 Å². The fraction of sp³-hybridized carbons (Fsp3) is 0.333. The van der Waals surface area contributed by atoms with Crippen LogP contribution in [0.25, 0.3) is 48.9 Å². The van der Waals surface area contributed by atoms with Gasteiger partial charge in [-0.25, -0.2) is 0 Å². The van der Waals surface area contributed by atoms with Crippen LogP contribution < -0.4 is 0 Å². The molecule has 198 valence electrons. The zero-order valence-corrected chi connectivity index (χ0v) is 25.3. The number of hydrogen-bond donors (Lipinski definition) is 0. The van der Waals surface area contributed by atoms with Gasteiger partial charge < -0.3 is 0 Å². The third-order valence-corrected chi connectivity index (χ3v) is 9.01. The third kappa shape index (κ3) is 4.51. The number of nitrogens with zero attached hydrogens (tertiary/aromatic N) is 2. The molecule has 0 bridgehead atoms. The zero-order valence-electron chi connectivity index (χ0n) is 24.4. The topological polar surface area (TPSA) is 25.8 Å². The van der Waals surface area contributed by atoms with Crippen molar-refractivity contribution in [2.45, 2.75) is 72.6 Å². The van der Waals surface area contributed by atoms with Crippen LogP contribution in [0.5, 0.6) is 0 Å². The standard InChI is InChI=1S/C36H38N2S/c1-21(2)14-25-20-39-32-17-23(11-12-26(25)32)28-18-30(38-34-33(28)22(3)19-36(34,7)8)24-15-29(35(4,5)6)27-10-9-13-37-31(27)16-24/h9-13,15-21H,14H2,1-8H3. The SMILES string of the molecule is CC1=CC(C)(C)c2nc(-c3cc(C(C)(C)C)c4cccnc4c3)cc(-c3ccc4c(CC(C)C)csc4c3)c21. The minimum Gasteiger partial charge on any atom is -0.256 e. The van der Waals surface area contributed by atoms with Gasteiger partial charge in [0.2, 0.25) is 0 Å². The van der Waals surface area contributed by atoms with Gasteiger partial charge in [-0.2, -0.15) is 0 Å². The molecule has 0 saturated heterocycles. The molecule has 0 N–H and O–H groups in total. The van der Waals surface area contributed by atoms with Crippen LogP contribution in [-0.4, -0.2) is 9.97 Å². The largest absolute Gasteiger partial charge is 0.256 e. The number of thiophene rings is 1. The van der Waals surface area contributed by atoms with Crippen molar-refractivity contribution in [3.8, 4) is 22.4 Å². The molecule has 3 aromatic heterocycles. The number of aromatic nitrogens is 2. The fourth-order valence-corrected chi connectivity index (χ4v) is 7.28. The molecule has 0 saturated carbocycles. The lowest BCUT2D eigenvalue weighted by Crippen LogP contribution is -2.15. The summed E-state index contributed by atoms with van der Waals surface area (Å²) in [5.74, 6) is 0.651. The minimum atomic E-state index is -0.121. The molecule has 0 atom stereocenters. The summed E-state index contributed by atoms with van der Waals surface area (Å²) < 4.78 is 1.36. The second kappa shape index (κ2) is 9.13. The van der Waals surface area contributed by atoms with E-state index in [1.54, 1.807) is 0 Å². The highest BCUT2D eigenvalue weighted by molar-refractivity contribution is 7.17. The molecule has 0 radical (unpaired) electrons. The molecule has 0 spiro atoms. The molecular formula is C36H38N2S. The maximum atomic E-state index is 5.36. The molecule has 0 aliphatic heterocycles. The van der Waals surface area contributed by atoms with Gasteiger partial charge in [0.25, 0.3) is 0 Å². The summed E-state index contributed by atoms with van der Waals surface area (Å²) in [6, 6.07) is 18.1. The fourth-order valence-electron chi connectivity index (χ4n) is 6.27. The molecule has 0 unspecified atom stereocenters. The van der Waals surface area contributed by atoms with Crippen molar-refractivity contribution in [3.05, 3.63) is 88.6 Å². The van der Waals surface area contributed by atoms with Gasteiger partial charge in [-0.15, -0.1) is 11.3 Å². The van der Waals surface area contributed by atoms with E-state index >= 15 is 0 Å². The summed E-state index contributed by atoms with van der Waals surface area (Å²) in [7, 11) is 0. The van der Waals surface area contributed by atoms with Crippen LogP contribution >= 0.6 is 11.3 Å². The predicted octanol–water partition coefficient (Wildman–Crippen LogP) is 10.4. The average molecular weight is 531 g/mol. The summed E-state index contributed by atoms with van der Waals surface area (Å²) in [6.07, 6.45) is 5.39. The van der Waals surface area contributed by atoms with Crippen LogP contribution in [0.15, 0.2) is 66.2 Å². The molecule has 3 heteroatoms. The van der Waals surface area contributed by atoms with Crippen molar-refractivity contribution in [2.24, 2.45) is 5.92 Å². The maximum Gasteiger partial charge on any atom is 0.0713 e. The summed E-state index contributed by atoms with van der Waals surface area (Å²) in [5.41, 5.74) is 12.1. The Morgan fingerprint density at radius 3 is 2.49 bits per heavy atom. The molecular weight excluding hydrogens is 492 g/mol. The van der Waals surface area contributed by atoms with Crippen LogP contribution in [0.3, 0.4) is 0 Å². The maximum absolute atomic E-state index is 5.36. The Bertz CT molecular complexity index is 1780. The molecule has 5 aromatic rings. The normalized spacial score (nSPS) is 14.8. The highest BCUT2D eigenvalue weighted by Gasteiger charge is 2.33. The van der Waals surface area contributed by atoms with Gasteiger partial charge in [0.15, 0.2) is 0 Å². The second-order valence-corrected chi connectivity index (χ2v) is 14.2. The summed E-state index contributed by atoms with van der Waals surface area (Å²) >= 11 is 1.87. The monoisotopic (exact) mass is 530 g/mol. The zero-order chi connectivity index (χ0) is 27.7. The lowest BCUT2D eigenvalue weighted by atomic mass is 9.82. The Morgan fingerprint density at radius 1 is 0.949 bits per heavy atom. The van der Waals surface area contributed by atoms with E-state index in [0.29, 0.717) is 5.92 Å². The third-order valence-electron chi connectivity index (χ3n) is 8.02. The Hall–Kier alpha value is -3.30. The van der Waals surface area contributed by atoms with Crippen molar-refractivity contribution in [3.63, 3.8) is 0 Å². The van der Waals surface area contributed by atoms with Gasteiger partial charge in [0, 0.05) is 32.8 Å². The van der Waals surface area contributed by atoms with Gasteiger partial charge in [-0.3, -0.25) is 9.97 Å². The molecule has 1 aliphatic carbocycles. The first-order valence-corrected chi connectivity index (χ1v) is 15.0. The highest BCUT2D eigenvalue weighted by Crippen LogP contribution is 2.46. The van der Waals surface area contributed by atoms with E-state index in [2.05, 4.69) is 109 Å². The van der Waals surface area contributed by atoms with Gasteiger partial charge >= 0.3 is 0 Å². The number of pyridine rings is 2. The molecule has 39 heavy (non-hydrogen) atoms. The van der Waals surface area contributed by atoms with Gasteiger partial charge in [0.05, 0.1) is 16.9 Å². The molecule has 0 amide bonds. The summed E-state index contributed by atoms with van der Waals surface area (Å²) in [4.78, 5) is 10.1. The average Bonchev–Trinajstić information content (AvgIpc) is 3.38. The van der Waals surface area contributed by atoms with Gasteiger partial charge in [0.1, 0.15) is 0 Å². The first-order valence-electron chi connectivity index (χ1n) is 14.1. The van der Waals surface area contributed by atoms with Crippen molar-refractivity contribution in [2.75, 3.05) is 0 Å². The molecule has 3 heterocycles. The molecule has 1 aliphatic rings. The Balaban J connectivity index is 1.59. The van der Waals surface area contributed by atoms with E-state index in [1.807, 2.05) is 23.6 Å². The van der Waals surface area contributed by atoms with Crippen molar-refractivity contribution < 1.29 is 0 Å². The van der Waals surface area contributed by atoms with E-state index in [0.717, 1.165) is 28.9 Å². The molecule has 0 fully saturated rings. The minimum absolute atomic E-state index is 0.00777. The summed E-state index contributed by atoms with van der Waals surface area (Å²) in [5, 5.41) is 4.96. The van der Waals surface area contributed by atoms with E-state index < -0.39 is 0 Å². The van der Waals surface area contributed by atoms with Crippen LogP contribution in [0, 0.1) is 5.92 Å². The summed E-state index contributed by atoms with van der Waals surface area (Å²) in [6.45, 7) is 18.2. The van der Waals surface area contributed by atoms with E-state index in [9.17, 15) is 0 Å². The first kappa shape index (κ1) is 26.0. The molecule has 6 rings (SSSR count). The number of hydrogen-bond acceptors (Lipinski definition) is 3. The van der Waals surface area contributed by atoms with Crippen LogP contribution in [0.2, 0.25) is 0 Å². The van der Waals surface area contributed by atoms with Crippen LogP contribution in [0.4, 0.5) is 0 Å². The molecule has 2 aromatic carbocycles. The van der Waals surface area contributed by atoms with Crippen LogP contribution in [0.1, 0.15) is 77.8 Å². The quantitative estimate of drug-likeness (QED) is 0.231. The van der Waals surface area contributed by atoms with Crippen LogP contribution in [-0.2, 0) is 17.3 Å². The lowest BCUT2D eigenvalue weighted by Gasteiger charge is -2.23. The second-order valence-electron chi connectivity index (χ2n) is 13.2. The van der Waals surface area contributed by atoms with Crippen molar-refractivity contribution in [1.29, 1.82) is 0 Å². The van der Waals surface area contributed by atoms with Crippen molar-refractivity contribution >= 4 is 37.9 Å². The number of rotatable bonds is 4. The first-order chi connectivity index (χ1) is 18.4. The Labute approximate surface area is 236 Å². The Morgan fingerprint density at radius 2 is 1.74 bits per heavy atom. The van der Waals surface area contributed by atoms with E-state index in [1.165, 1.54) is 48.9 Å². The van der Waals surface area contributed by atoms with E-state index in [4.69, 9.17) is 9.97 Å². The molecule has 2 nitrogen and oxygen atoms in total. The highest BCUT2D eigenvalue weighted by atomic mass is 32.1. The van der Waals surface area contributed by atoms with Gasteiger partial charge in [-0.05, 0) is 93.6 Å². The van der Waals surface area contributed by atoms with E-state index in [-0.39, 0.29) is 10.8 Å². The smallest absolute Gasteiger partial charge is 0.0713 e. The van der Waals surface area contributed by atoms with Crippen molar-refractivity contribution in [1.82, 2.24) is 9.97 Å². The number of fused-ring (bicyclic) bond motifs is 3. The number of allylic oxidation sites excluding steroid dienone is 2. The predicted molar refractivity (Wildman–Crippen MR) is 170 cm³/mol. The lowest BCUT2D eigenvalue weighted by molar-refractivity contribution is 0.596. The Kier molecular flexibility index (Phi) is 6.07.